The minimum absolute atomic E-state index is 0.160. The van der Waals surface area contributed by atoms with Gasteiger partial charge in [0.25, 0.3) is 0 Å². The first-order valence-electron chi connectivity index (χ1n) is 6.76. The Balaban J connectivity index is 1.64. The van der Waals surface area contributed by atoms with Crippen LogP contribution in [0.1, 0.15) is 11.5 Å². The Morgan fingerprint density at radius 1 is 1.21 bits per heavy atom. The molecule has 100 valence electrons. The maximum atomic E-state index is 12.4. The summed E-state index contributed by atoms with van der Waals surface area (Å²) >= 11 is 0. The van der Waals surface area contributed by atoms with Gasteiger partial charge < -0.3 is 4.74 Å². The van der Waals surface area contributed by atoms with Crippen molar-refractivity contribution in [1.29, 1.82) is 0 Å². The number of ketones is 1. The lowest BCUT2D eigenvalue weighted by Crippen LogP contribution is -2.42. The van der Waals surface area contributed by atoms with E-state index in [1.165, 1.54) is 0 Å². The molecular weight excluding hydrogens is 240 g/mol. The molecule has 2 atom stereocenters. The van der Waals surface area contributed by atoms with Crippen LogP contribution in [-0.4, -0.2) is 55.8 Å². The van der Waals surface area contributed by atoms with Gasteiger partial charge in [-0.3, -0.25) is 14.7 Å². The number of ether oxygens (including phenoxy) is 1. The van der Waals surface area contributed by atoms with Gasteiger partial charge in [0.15, 0.2) is 5.78 Å². The summed E-state index contributed by atoms with van der Waals surface area (Å²) in [5, 5.41) is 0. The van der Waals surface area contributed by atoms with Crippen molar-refractivity contribution in [2.24, 2.45) is 4.99 Å². The summed E-state index contributed by atoms with van der Waals surface area (Å²) in [6.45, 7) is 4.03. The van der Waals surface area contributed by atoms with Gasteiger partial charge in [-0.15, -0.1) is 0 Å². The van der Waals surface area contributed by atoms with Crippen LogP contribution in [0, 0.1) is 0 Å². The third kappa shape index (κ3) is 2.74. The third-order valence-corrected chi connectivity index (χ3v) is 3.74. The highest BCUT2D eigenvalue weighted by molar-refractivity contribution is 6.08. The fourth-order valence-corrected chi connectivity index (χ4v) is 2.62. The van der Waals surface area contributed by atoms with E-state index < -0.39 is 0 Å². The molecule has 4 nitrogen and oxygen atoms in total. The van der Waals surface area contributed by atoms with E-state index in [0.29, 0.717) is 0 Å². The smallest absolute Gasteiger partial charge is 0.171 e. The van der Waals surface area contributed by atoms with Crippen LogP contribution >= 0.6 is 0 Å². The highest BCUT2D eigenvalue weighted by atomic mass is 16.5. The molecule has 1 aromatic carbocycles. The predicted octanol–water partition coefficient (Wildman–Crippen LogP) is 1.12. The second-order valence-electron chi connectivity index (χ2n) is 5.02. The van der Waals surface area contributed by atoms with Crippen molar-refractivity contribution in [1.82, 2.24) is 4.90 Å². The van der Waals surface area contributed by atoms with Crippen molar-refractivity contribution in [3.05, 3.63) is 35.9 Å². The molecule has 2 unspecified atom stereocenters. The zero-order valence-corrected chi connectivity index (χ0v) is 10.9. The number of hydrogen-bond donors (Lipinski definition) is 0. The monoisotopic (exact) mass is 258 g/mol. The quantitative estimate of drug-likeness (QED) is 0.816. The van der Waals surface area contributed by atoms with Crippen molar-refractivity contribution in [3.63, 3.8) is 0 Å². The number of aliphatic imine (C=N–C) groups is 1. The van der Waals surface area contributed by atoms with Gasteiger partial charge >= 0.3 is 0 Å². The highest BCUT2D eigenvalue weighted by Gasteiger charge is 2.33. The summed E-state index contributed by atoms with van der Waals surface area (Å²) in [6, 6.07) is 9.67. The summed E-state index contributed by atoms with van der Waals surface area (Å²) in [5.74, 6) is 0.0601. The van der Waals surface area contributed by atoms with Gasteiger partial charge in [-0.1, -0.05) is 30.3 Å². The van der Waals surface area contributed by atoms with Gasteiger partial charge in [-0.2, -0.15) is 0 Å². The van der Waals surface area contributed by atoms with Crippen LogP contribution in [0.5, 0.6) is 0 Å². The van der Waals surface area contributed by atoms with E-state index in [-0.39, 0.29) is 17.7 Å². The average Bonchev–Trinajstić information content (AvgIpc) is 2.82. The van der Waals surface area contributed by atoms with Crippen LogP contribution in [0.15, 0.2) is 35.3 Å². The number of benzene rings is 1. The lowest BCUT2D eigenvalue weighted by molar-refractivity contribution is -0.120. The van der Waals surface area contributed by atoms with Crippen LogP contribution in [0.25, 0.3) is 0 Å². The van der Waals surface area contributed by atoms with Crippen LogP contribution in [-0.2, 0) is 9.53 Å². The van der Waals surface area contributed by atoms with Gasteiger partial charge in [0.2, 0.25) is 0 Å². The Morgan fingerprint density at radius 2 is 1.95 bits per heavy atom. The Kier molecular flexibility index (Phi) is 3.71. The Bertz CT molecular complexity index is 466. The number of carbonyl (C=O) groups is 1. The lowest BCUT2D eigenvalue weighted by Gasteiger charge is -2.27. The van der Waals surface area contributed by atoms with E-state index in [1.54, 1.807) is 0 Å². The molecule has 3 rings (SSSR count). The SMILES string of the molecule is O=C1C(CN2CCOCC2)N=CC1c1ccccc1. The predicted molar refractivity (Wildman–Crippen MR) is 73.7 cm³/mol. The molecule has 0 saturated carbocycles. The van der Waals surface area contributed by atoms with E-state index in [9.17, 15) is 4.79 Å². The molecule has 19 heavy (non-hydrogen) atoms. The first-order valence-corrected chi connectivity index (χ1v) is 6.76. The average molecular weight is 258 g/mol. The van der Waals surface area contributed by atoms with Gasteiger partial charge in [0.1, 0.15) is 6.04 Å². The Hall–Kier alpha value is -1.52. The second-order valence-corrected chi connectivity index (χ2v) is 5.02. The second kappa shape index (κ2) is 5.63. The summed E-state index contributed by atoms with van der Waals surface area (Å²) in [6.07, 6.45) is 1.81. The van der Waals surface area contributed by atoms with Crippen molar-refractivity contribution in [2.45, 2.75) is 12.0 Å². The van der Waals surface area contributed by atoms with Gasteiger partial charge in [0.05, 0.1) is 19.1 Å². The fraction of sp³-hybridized carbons (Fsp3) is 0.467. The number of rotatable bonds is 3. The summed E-state index contributed by atoms with van der Waals surface area (Å²) in [5.41, 5.74) is 1.04. The molecule has 2 aliphatic rings. The molecule has 0 spiro atoms. The molecule has 2 heterocycles. The summed E-state index contributed by atoms with van der Waals surface area (Å²) in [7, 11) is 0. The maximum absolute atomic E-state index is 12.4. The van der Waals surface area contributed by atoms with Crippen LogP contribution in [0.4, 0.5) is 0 Å². The number of Topliss-reactive ketones (excluding diaryl/α,β-unsaturated/α-hetero) is 1. The van der Waals surface area contributed by atoms with Crippen molar-refractivity contribution in [3.8, 4) is 0 Å². The molecule has 0 amide bonds. The van der Waals surface area contributed by atoms with Gasteiger partial charge in [0, 0.05) is 25.8 Å². The van der Waals surface area contributed by atoms with E-state index in [4.69, 9.17) is 4.74 Å². The zero-order valence-electron chi connectivity index (χ0n) is 10.9. The lowest BCUT2D eigenvalue weighted by atomic mass is 9.94. The number of morpholine rings is 1. The maximum Gasteiger partial charge on any atom is 0.171 e. The van der Waals surface area contributed by atoms with Crippen LogP contribution in [0.3, 0.4) is 0 Å². The van der Waals surface area contributed by atoms with Crippen LogP contribution < -0.4 is 0 Å². The molecule has 2 aliphatic heterocycles. The molecule has 0 bridgehead atoms. The third-order valence-electron chi connectivity index (χ3n) is 3.74. The molecule has 1 fully saturated rings. The number of nitrogens with zero attached hydrogens (tertiary/aromatic N) is 2. The summed E-state index contributed by atoms with van der Waals surface area (Å²) < 4.78 is 5.32. The first-order chi connectivity index (χ1) is 9.34. The molecule has 4 heteroatoms. The van der Waals surface area contributed by atoms with E-state index in [0.717, 1.165) is 38.4 Å². The zero-order chi connectivity index (χ0) is 13.1. The van der Waals surface area contributed by atoms with Crippen LogP contribution in [0.2, 0.25) is 0 Å². The number of hydrogen-bond acceptors (Lipinski definition) is 4. The summed E-state index contributed by atoms with van der Waals surface area (Å²) in [4.78, 5) is 19.1. The molecule has 0 aliphatic carbocycles. The molecule has 0 radical (unpaired) electrons. The van der Waals surface area contributed by atoms with Crippen molar-refractivity contribution < 1.29 is 9.53 Å². The minimum atomic E-state index is -0.205. The topological polar surface area (TPSA) is 41.9 Å². The molecular formula is C15H18N2O2. The van der Waals surface area contributed by atoms with E-state index in [2.05, 4.69) is 9.89 Å². The van der Waals surface area contributed by atoms with E-state index >= 15 is 0 Å². The van der Waals surface area contributed by atoms with Crippen molar-refractivity contribution in [2.75, 3.05) is 32.8 Å². The Morgan fingerprint density at radius 3 is 2.68 bits per heavy atom. The normalized spacial score (nSPS) is 27.9. The van der Waals surface area contributed by atoms with Crippen molar-refractivity contribution >= 4 is 12.0 Å². The van der Waals surface area contributed by atoms with Gasteiger partial charge in [-0.05, 0) is 5.56 Å². The highest BCUT2D eigenvalue weighted by Crippen LogP contribution is 2.23. The fourth-order valence-electron chi connectivity index (χ4n) is 2.62. The molecule has 1 saturated heterocycles. The first kappa shape index (κ1) is 12.5. The minimum Gasteiger partial charge on any atom is -0.379 e. The molecule has 0 N–H and O–H groups in total. The number of carbonyl (C=O) groups excluding carboxylic acids is 1. The standard InChI is InChI=1S/C15H18N2O2/c18-15-13(12-4-2-1-3-5-12)10-16-14(15)11-17-6-8-19-9-7-17/h1-5,10,13-14H,6-9,11H2. The van der Waals surface area contributed by atoms with E-state index in [1.807, 2.05) is 36.5 Å². The Labute approximate surface area is 113 Å². The molecule has 0 aromatic heterocycles. The van der Waals surface area contributed by atoms with Gasteiger partial charge in [-0.25, -0.2) is 0 Å². The molecule has 1 aromatic rings. The largest absolute Gasteiger partial charge is 0.379 e.